The number of carboxylic acid groups (broad SMARTS) is 1. The number of nitrogens with zero attached hydrogens (tertiary/aromatic N) is 3. The molecule has 0 unspecified atom stereocenters. The van der Waals surface area contributed by atoms with Gasteiger partial charge in [0.15, 0.2) is 5.13 Å². The van der Waals surface area contributed by atoms with E-state index in [-0.39, 0.29) is 11.9 Å². The monoisotopic (exact) mass is 438 g/mol. The van der Waals surface area contributed by atoms with Crippen LogP contribution in [0.1, 0.15) is 28.4 Å². The quantitative estimate of drug-likeness (QED) is 0.651. The molecule has 0 saturated carbocycles. The standard InChI is InChI=1S/C22H22N4O4S/c27-20(23-16-7-12-30-18-4-2-1-3-15(16)18)14-5-6-17-19(13-14)31-21(24-17)25-8-10-26(11-9-25)22(28)29/h1-6,13,16H,7-12H2,(H,23,27)(H,28,29)/t16-/m0/s1. The number of anilines is 1. The molecule has 0 aliphatic carbocycles. The first-order valence-corrected chi connectivity index (χ1v) is 11.1. The van der Waals surface area contributed by atoms with E-state index in [0.29, 0.717) is 38.3 Å². The number of nitrogens with one attached hydrogen (secondary N) is 1. The van der Waals surface area contributed by atoms with Crippen molar-refractivity contribution in [2.24, 2.45) is 0 Å². The second kappa shape index (κ2) is 8.07. The van der Waals surface area contributed by atoms with Crippen LogP contribution in [0.3, 0.4) is 0 Å². The summed E-state index contributed by atoms with van der Waals surface area (Å²) >= 11 is 1.53. The number of fused-ring (bicyclic) bond motifs is 2. The molecule has 0 bridgehead atoms. The molecule has 2 aromatic carbocycles. The fraction of sp³-hybridized carbons (Fsp3) is 0.318. The Morgan fingerprint density at radius 3 is 2.74 bits per heavy atom. The molecule has 160 valence electrons. The Hall–Kier alpha value is -3.33. The highest BCUT2D eigenvalue weighted by Crippen LogP contribution is 2.33. The minimum Gasteiger partial charge on any atom is -0.493 e. The average molecular weight is 439 g/mol. The number of carbonyl (C=O) groups is 2. The van der Waals surface area contributed by atoms with Crippen LogP contribution in [0.15, 0.2) is 42.5 Å². The molecule has 0 radical (unpaired) electrons. The highest BCUT2D eigenvalue weighted by atomic mass is 32.1. The number of hydrogen-bond donors (Lipinski definition) is 2. The summed E-state index contributed by atoms with van der Waals surface area (Å²) in [7, 11) is 0. The zero-order valence-corrected chi connectivity index (χ0v) is 17.6. The maximum atomic E-state index is 12.9. The highest BCUT2D eigenvalue weighted by Gasteiger charge is 2.25. The van der Waals surface area contributed by atoms with Crippen LogP contribution in [0, 0.1) is 0 Å². The first-order valence-electron chi connectivity index (χ1n) is 10.2. The van der Waals surface area contributed by atoms with Gasteiger partial charge in [0.05, 0.1) is 22.9 Å². The molecule has 3 aromatic rings. The Bertz CT molecular complexity index is 1140. The zero-order chi connectivity index (χ0) is 21.4. The van der Waals surface area contributed by atoms with Crippen molar-refractivity contribution < 1.29 is 19.4 Å². The Kier molecular flexibility index (Phi) is 5.11. The smallest absolute Gasteiger partial charge is 0.407 e. The molecule has 2 aliphatic heterocycles. The minimum absolute atomic E-state index is 0.0734. The first kappa shape index (κ1) is 19.6. The van der Waals surface area contributed by atoms with Crippen molar-refractivity contribution in [1.82, 2.24) is 15.2 Å². The number of piperazine rings is 1. The second-order valence-electron chi connectivity index (χ2n) is 7.64. The van der Waals surface area contributed by atoms with Crippen LogP contribution in [0.4, 0.5) is 9.93 Å². The molecule has 2 amide bonds. The molecule has 1 fully saturated rings. The van der Waals surface area contributed by atoms with Crippen LogP contribution in [-0.2, 0) is 0 Å². The third-order valence-corrected chi connectivity index (χ3v) is 6.80. The van der Waals surface area contributed by atoms with Gasteiger partial charge in [-0.2, -0.15) is 0 Å². The molecule has 1 aromatic heterocycles. The van der Waals surface area contributed by atoms with E-state index in [4.69, 9.17) is 9.84 Å². The highest BCUT2D eigenvalue weighted by molar-refractivity contribution is 7.22. The number of ether oxygens (including phenoxy) is 1. The molecule has 1 saturated heterocycles. The van der Waals surface area contributed by atoms with E-state index in [9.17, 15) is 9.59 Å². The molecular weight excluding hydrogens is 416 g/mol. The zero-order valence-electron chi connectivity index (χ0n) is 16.8. The second-order valence-corrected chi connectivity index (χ2v) is 8.65. The van der Waals surface area contributed by atoms with Crippen molar-refractivity contribution >= 4 is 38.7 Å². The number of hydrogen-bond acceptors (Lipinski definition) is 6. The van der Waals surface area contributed by atoms with E-state index in [0.717, 1.165) is 33.1 Å². The van der Waals surface area contributed by atoms with Gasteiger partial charge < -0.3 is 25.0 Å². The van der Waals surface area contributed by atoms with Gasteiger partial charge in [0.1, 0.15) is 5.75 Å². The van der Waals surface area contributed by atoms with Crippen molar-refractivity contribution in [1.29, 1.82) is 0 Å². The van der Waals surface area contributed by atoms with Crippen LogP contribution in [0.25, 0.3) is 10.2 Å². The summed E-state index contributed by atoms with van der Waals surface area (Å²) in [5.74, 6) is 0.707. The summed E-state index contributed by atoms with van der Waals surface area (Å²) in [5, 5.41) is 13.1. The molecule has 2 aliphatic rings. The van der Waals surface area contributed by atoms with Gasteiger partial charge in [-0.1, -0.05) is 29.5 Å². The Balaban J connectivity index is 1.31. The van der Waals surface area contributed by atoms with E-state index in [1.165, 1.54) is 16.2 Å². The fourth-order valence-corrected chi connectivity index (χ4v) is 5.07. The molecule has 3 heterocycles. The summed E-state index contributed by atoms with van der Waals surface area (Å²) in [6.45, 7) is 2.73. The number of rotatable bonds is 3. The van der Waals surface area contributed by atoms with Crippen LogP contribution in [0.5, 0.6) is 5.75 Å². The number of carbonyl (C=O) groups excluding carboxylic acids is 1. The van der Waals surface area contributed by atoms with Crippen molar-refractivity contribution in [2.45, 2.75) is 12.5 Å². The van der Waals surface area contributed by atoms with Gasteiger partial charge in [0, 0.05) is 43.7 Å². The Labute approximate surface area is 183 Å². The molecule has 1 atom stereocenters. The maximum absolute atomic E-state index is 12.9. The SMILES string of the molecule is O=C(N[C@H]1CCOc2ccccc21)c1ccc2nc(N3CCN(C(=O)O)CC3)sc2c1. The average Bonchev–Trinajstić information content (AvgIpc) is 3.23. The lowest BCUT2D eigenvalue weighted by molar-refractivity contribution is 0.0925. The van der Waals surface area contributed by atoms with Crippen molar-refractivity contribution in [3.05, 3.63) is 53.6 Å². The van der Waals surface area contributed by atoms with Gasteiger partial charge in [-0.05, 0) is 24.3 Å². The van der Waals surface area contributed by atoms with Crippen molar-refractivity contribution in [3.8, 4) is 5.75 Å². The predicted molar refractivity (Wildman–Crippen MR) is 118 cm³/mol. The summed E-state index contributed by atoms with van der Waals surface area (Å²) < 4.78 is 6.62. The van der Waals surface area contributed by atoms with E-state index < -0.39 is 6.09 Å². The molecule has 31 heavy (non-hydrogen) atoms. The summed E-state index contributed by atoms with van der Waals surface area (Å²) in [6, 6.07) is 13.3. The number of para-hydroxylation sites is 1. The van der Waals surface area contributed by atoms with Crippen LogP contribution >= 0.6 is 11.3 Å². The fourth-order valence-electron chi connectivity index (χ4n) is 4.01. The molecular formula is C22H22N4O4S. The van der Waals surface area contributed by atoms with Crippen molar-refractivity contribution in [2.75, 3.05) is 37.7 Å². The number of thiazole rings is 1. The third-order valence-electron chi connectivity index (χ3n) is 5.72. The third kappa shape index (κ3) is 3.88. The van der Waals surface area contributed by atoms with Gasteiger partial charge >= 0.3 is 6.09 Å². The predicted octanol–water partition coefficient (Wildman–Crippen LogP) is 3.35. The van der Waals surface area contributed by atoms with Gasteiger partial charge in [-0.25, -0.2) is 9.78 Å². The molecule has 0 spiro atoms. The normalized spacial score (nSPS) is 18.4. The summed E-state index contributed by atoms with van der Waals surface area (Å²) in [6.07, 6.45) is -0.148. The first-order chi connectivity index (χ1) is 15.1. The topological polar surface area (TPSA) is 95.0 Å². The van der Waals surface area contributed by atoms with Crippen molar-refractivity contribution in [3.63, 3.8) is 0 Å². The number of benzene rings is 2. The number of aromatic nitrogens is 1. The molecule has 5 rings (SSSR count). The summed E-state index contributed by atoms with van der Waals surface area (Å²) in [5.41, 5.74) is 2.44. The minimum atomic E-state index is -0.883. The van der Waals surface area contributed by atoms with Gasteiger partial charge in [0.2, 0.25) is 0 Å². The van der Waals surface area contributed by atoms with Crippen LogP contribution < -0.4 is 15.0 Å². The Morgan fingerprint density at radius 2 is 1.94 bits per heavy atom. The van der Waals surface area contributed by atoms with Gasteiger partial charge in [-0.3, -0.25) is 4.79 Å². The summed E-state index contributed by atoms with van der Waals surface area (Å²) in [4.78, 5) is 32.2. The number of amides is 2. The molecule has 2 N–H and O–H groups in total. The Morgan fingerprint density at radius 1 is 1.13 bits per heavy atom. The van der Waals surface area contributed by atoms with Crippen LogP contribution in [-0.4, -0.2) is 59.8 Å². The van der Waals surface area contributed by atoms with E-state index in [1.807, 2.05) is 36.4 Å². The lowest BCUT2D eigenvalue weighted by Crippen LogP contribution is -2.48. The largest absolute Gasteiger partial charge is 0.493 e. The van der Waals surface area contributed by atoms with Crippen LogP contribution in [0.2, 0.25) is 0 Å². The van der Waals surface area contributed by atoms with E-state index in [1.54, 1.807) is 6.07 Å². The van der Waals surface area contributed by atoms with E-state index in [2.05, 4.69) is 15.2 Å². The lowest BCUT2D eigenvalue weighted by Gasteiger charge is -2.32. The molecule has 9 heteroatoms. The van der Waals surface area contributed by atoms with Gasteiger partial charge in [-0.15, -0.1) is 0 Å². The van der Waals surface area contributed by atoms with E-state index >= 15 is 0 Å². The van der Waals surface area contributed by atoms with Gasteiger partial charge in [0.25, 0.3) is 5.91 Å². The maximum Gasteiger partial charge on any atom is 0.407 e. The molecule has 8 nitrogen and oxygen atoms in total. The lowest BCUT2D eigenvalue weighted by atomic mass is 10.00.